The molecule has 0 aliphatic heterocycles. The summed E-state index contributed by atoms with van der Waals surface area (Å²) >= 11 is 4.51. The molecule has 0 unspecified atom stereocenters. The number of benzene rings is 2. The Morgan fingerprint density at radius 2 is 1.81 bits per heavy atom. The predicted octanol–water partition coefficient (Wildman–Crippen LogP) is 4.93. The Kier molecular flexibility index (Phi) is 6.74. The first-order valence-electron chi connectivity index (χ1n) is 8.13. The Hall–Kier alpha value is -1.62. The Morgan fingerprint density at radius 1 is 1.04 bits per heavy atom. The number of rotatable bonds is 6. The van der Waals surface area contributed by atoms with E-state index in [2.05, 4.69) is 45.2 Å². The first kappa shape index (κ1) is 20.1. The lowest BCUT2D eigenvalue weighted by Crippen LogP contribution is -2.18. The number of fused-ring (bicyclic) bond motifs is 1. The van der Waals surface area contributed by atoms with Crippen LogP contribution < -0.4 is 15.1 Å². The number of methoxy groups -OCH3 is 1. The summed E-state index contributed by atoms with van der Waals surface area (Å²) in [5.41, 5.74) is 1.66. The summed E-state index contributed by atoms with van der Waals surface area (Å²) in [4.78, 5) is 24.8. The Bertz CT molecular complexity index is 1020. The summed E-state index contributed by atoms with van der Waals surface area (Å²) < 4.78 is 17.6. The van der Waals surface area contributed by atoms with Gasteiger partial charge in [-0.25, -0.2) is 9.59 Å². The van der Waals surface area contributed by atoms with Crippen molar-refractivity contribution < 1.29 is 18.7 Å². The highest BCUT2D eigenvalue weighted by Crippen LogP contribution is 2.25. The summed E-state index contributed by atoms with van der Waals surface area (Å²) in [7, 11) is 1.54. The fraction of sp³-hybridized carbons (Fsp3) is 0.200. The molecular formula is C20H16I2O5. The molecule has 2 aromatic carbocycles. The Morgan fingerprint density at radius 3 is 2.52 bits per heavy atom. The van der Waals surface area contributed by atoms with E-state index in [4.69, 9.17) is 13.9 Å². The minimum absolute atomic E-state index is 0.132. The number of carbonyl (C=O) groups excluding carboxylic acids is 1. The van der Waals surface area contributed by atoms with E-state index in [1.165, 1.54) is 6.07 Å². The number of carbonyl (C=O) groups is 1. The highest BCUT2D eigenvalue weighted by Gasteiger charge is 2.17. The first-order valence-corrected chi connectivity index (χ1v) is 11.2. The average molecular weight is 590 g/mol. The summed E-state index contributed by atoms with van der Waals surface area (Å²) in [5.74, 6) is 0.155. The van der Waals surface area contributed by atoms with Crippen LogP contribution in [0.1, 0.15) is 21.5 Å². The van der Waals surface area contributed by atoms with E-state index in [1.807, 2.05) is 18.2 Å². The molecule has 5 nitrogen and oxygen atoms in total. The lowest BCUT2D eigenvalue weighted by molar-refractivity contribution is 0.0730. The van der Waals surface area contributed by atoms with Crippen molar-refractivity contribution in [2.24, 2.45) is 0 Å². The predicted molar refractivity (Wildman–Crippen MR) is 121 cm³/mol. The second-order valence-electron chi connectivity index (χ2n) is 5.80. The third-order valence-electron chi connectivity index (χ3n) is 3.94. The van der Waals surface area contributed by atoms with E-state index < -0.39 is 11.6 Å². The van der Waals surface area contributed by atoms with Gasteiger partial charge in [0.15, 0.2) is 0 Å². The molecule has 0 amide bonds. The molecule has 1 heterocycles. The molecule has 0 aliphatic rings. The van der Waals surface area contributed by atoms with Gasteiger partial charge in [-0.1, -0.05) is 51.2 Å². The van der Waals surface area contributed by atoms with Crippen LogP contribution in [-0.2, 0) is 10.8 Å². The van der Waals surface area contributed by atoms with Crippen LogP contribution in [0.4, 0.5) is 0 Å². The van der Waals surface area contributed by atoms with E-state index >= 15 is 0 Å². The van der Waals surface area contributed by atoms with Crippen LogP contribution >= 0.6 is 45.2 Å². The molecule has 3 rings (SSSR count). The standard InChI is InChI=1S/C20H16I2O5/c1-25-15-7-13(11-22)8-16(10-15)26-19(23)17-9-14-6-12(4-5-21)2-3-18(14)27-20(17)24/h2-3,6-10H,4-5,11H2,1H3. The van der Waals surface area contributed by atoms with Crippen molar-refractivity contribution in [1.29, 1.82) is 0 Å². The molecule has 0 radical (unpaired) electrons. The zero-order valence-electron chi connectivity index (χ0n) is 14.5. The first-order chi connectivity index (χ1) is 13.0. The summed E-state index contributed by atoms with van der Waals surface area (Å²) in [5, 5.41) is 0.697. The molecule has 140 valence electrons. The number of hydrogen-bond donors (Lipinski definition) is 0. The van der Waals surface area contributed by atoms with Crippen LogP contribution in [0.3, 0.4) is 0 Å². The van der Waals surface area contributed by atoms with E-state index in [0.717, 1.165) is 26.4 Å². The van der Waals surface area contributed by atoms with Crippen molar-refractivity contribution in [1.82, 2.24) is 0 Å². The monoisotopic (exact) mass is 590 g/mol. The quantitative estimate of drug-likeness (QED) is 0.134. The van der Waals surface area contributed by atoms with Gasteiger partial charge in [0.25, 0.3) is 0 Å². The Balaban J connectivity index is 1.95. The second kappa shape index (κ2) is 9.05. The minimum atomic E-state index is -0.752. The molecule has 0 saturated carbocycles. The van der Waals surface area contributed by atoms with Crippen LogP contribution in [0.15, 0.2) is 51.7 Å². The molecule has 0 atom stereocenters. The van der Waals surface area contributed by atoms with Gasteiger partial charge in [-0.3, -0.25) is 0 Å². The largest absolute Gasteiger partial charge is 0.497 e. The minimum Gasteiger partial charge on any atom is -0.497 e. The summed E-state index contributed by atoms with van der Waals surface area (Å²) in [6, 6.07) is 12.3. The van der Waals surface area contributed by atoms with Crippen LogP contribution in [-0.4, -0.2) is 17.5 Å². The SMILES string of the molecule is COc1cc(CI)cc(OC(=O)c2cc3cc(CCI)ccc3oc2=O)c1. The van der Waals surface area contributed by atoms with E-state index in [0.29, 0.717) is 22.5 Å². The van der Waals surface area contributed by atoms with E-state index in [-0.39, 0.29) is 5.56 Å². The number of esters is 1. The Labute approximate surface area is 183 Å². The molecule has 1 aromatic heterocycles. The maximum atomic E-state index is 12.6. The molecule has 0 aliphatic carbocycles. The number of halogens is 2. The van der Waals surface area contributed by atoms with E-state index in [9.17, 15) is 9.59 Å². The van der Waals surface area contributed by atoms with Gasteiger partial charge < -0.3 is 13.9 Å². The lowest BCUT2D eigenvalue weighted by Gasteiger charge is -2.09. The van der Waals surface area contributed by atoms with Gasteiger partial charge in [-0.05, 0) is 47.9 Å². The van der Waals surface area contributed by atoms with Gasteiger partial charge in [-0.15, -0.1) is 0 Å². The molecule has 0 bridgehead atoms. The van der Waals surface area contributed by atoms with Gasteiger partial charge in [-0.2, -0.15) is 0 Å². The maximum Gasteiger partial charge on any atom is 0.351 e. The lowest BCUT2D eigenvalue weighted by atomic mass is 10.1. The van der Waals surface area contributed by atoms with E-state index in [1.54, 1.807) is 25.3 Å². The molecule has 0 saturated heterocycles. The van der Waals surface area contributed by atoms with Crippen molar-refractivity contribution in [3.8, 4) is 11.5 Å². The van der Waals surface area contributed by atoms with Crippen molar-refractivity contribution >= 4 is 62.1 Å². The van der Waals surface area contributed by atoms with Crippen LogP contribution in [0.25, 0.3) is 11.0 Å². The highest BCUT2D eigenvalue weighted by atomic mass is 127. The van der Waals surface area contributed by atoms with Crippen molar-refractivity contribution in [3.05, 3.63) is 69.6 Å². The molecular weight excluding hydrogens is 574 g/mol. The van der Waals surface area contributed by atoms with Gasteiger partial charge in [0.05, 0.1) is 7.11 Å². The van der Waals surface area contributed by atoms with Gasteiger partial charge in [0, 0.05) is 20.3 Å². The zero-order valence-corrected chi connectivity index (χ0v) is 18.8. The summed E-state index contributed by atoms with van der Waals surface area (Å²) in [6.07, 6.45) is 0.901. The third kappa shape index (κ3) is 4.81. The van der Waals surface area contributed by atoms with Gasteiger partial charge in [0.1, 0.15) is 22.6 Å². The fourth-order valence-corrected chi connectivity index (χ4v) is 3.69. The molecule has 7 heteroatoms. The fourth-order valence-electron chi connectivity index (χ4n) is 2.63. The molecule has 0 fully saturated rings. The normalized spacial score (nSPS) is 10.8. The van der Waals surface area contributed by atoms with Gasteiger partial charge in [0.2, 0.25) is 0 Å². The van der Waals surface area contributed by atoms with Crippen LogP contribution in [0.2, 0.25) is 0 Å². The van der Waals surface area contributed by atoms with Crippen LogP contribution in [0, 0.1) is 0 Å². The zero-order chi connectivity index (χ0) is 19.4. The summed E-state index contributed by atoms with van der Waals surface area (Å²) in [6.45, 7) is 0. The number of alkyl halides is 2. The number of aryl methyl sites for hydroxylation is 1. The number of ether oxygens (including phenoxy) is 2. The second-order valence-corrected chi connectivity index (χ2v) is 7.64. The number of hydrogen-bond acceptors (Lipinski definition) is 5. The van der Waals surface area contributed by atoms with Gasteiger partial charge >= 0.3 is 11.6 Å². The third-order valence-corrected chi connectivity index (χ3v) is 5.36. The smallest absolute Gasteiger partial charge is 0.351 e. The van der Waals surface area contributed by atoms with Crippen LogP contribution in [0.5, 0.6) is 11.5 Å². The highest BCUT2D eigenvalue weighted by molar-refractivity contribution is 14.1. The van der Waals surface area contributed by atoms with Crippen molar-refractivity contribution in [3.63, 3.8) is 0 Å². The average Bonchev–Trinajstić information content (AvgIpc) is 2.67. The molecule has 0 N–H and O–H groups in total. The van der Waals surface area contributed by atoms with Crippen molar-refractivity contribution in [2.75, 3.05) is 11.5 Å². The molecule has 0 spiro atoms. The maximum absolute atomic E-state index is 12.6. The molecule has 3 aromatic rings. The topological polar surface area (TPSA) is 65.7 Å². The van der Waals surface area contributed by atoms with Crippen molar-refractivity contribution in [2.45, 2.75) is 10.8 Å². The molecule has 27 heavy (non-hydrogen) atoms.